The van der Waals surface area contributed by atoms with Gasteiger partial charge in [0.2, 0.25) is 0 Å². The van der Waals surface area contributed by atoms with Crippen molar-refractivity contribution < 1.29 is 0 Å². The maximum atomic E-state index is 5.83. The molecule has 2 aromatic rings. The molecule has 4 nitrogen and oxygen atoms in total. The summed E-state index contributed by atoms with van der Waals surface area (Å²) < 4.78 is 2.29. The van der Waals surface area contributed by atoms with E-state index < -0.39 is 0 Å². The maximum absolute atomic E-state index is 5.83. The highest BCUT2D eigenvalue weighted by Crippen LogP contribution is 2.23. The van der Waals surface area contributed by atoms with Gasteiger partial charge in [0.15, 0.2) is 0 Å². The van der Waals surface area contributed by atoms with Crippen LogP contribution in [0.3, 0.4) is 0 Å². The Morgan fingerprint density at radius 2 is 2.24 bits per heavy atom. The maximum Gasteiger partial charge on any atom is 0.114 e. The molecule has 1 unspecified atom stereocenters. The third-order valence-corrected chi connectivity index (χ3v) is 3.17. The van der Waals surface area contributed by atoms with Gasteiger partial charge in [-0.05, 0) is 18.9 Å². The first-order chi connectivity index (χ1) is 8.31. The molecule has 2 N–H and O–H groups in total. The lowest BCUT2D eigenvalue weighted by atomic mass is 10.1. The molecule has 0 saturated carbocycles. The molecular weight excluding hydrogens is 212 g/mol. The molecule has 2 aromatic heterocycles. The number of nitrogens with two attached hydrogens (primary N) is 1. The van der Waals surface area contributed by atoms with Crippen molar-refractivity contribution in [1.29, 1.82) is 0 Å². The Hall–Kier alpha value is -1.42. The number of rotatable bonds is 5. The van der Waals surface area contributed by atoms with Crippen molar-refractivity contribution in [3.05, 3.63) is 24.3 Å². The lowest BCUT2D eigenvalue weighted by molar-refractivity contribution is 0.567. The Morgan fingerprint density at radius 1 is 1.41 bits per heavy atom. The van der Waals surface area contributed by atoms with E-state index in [1.54, 1.807) is 0 Å². The molecule has 2 rings (SSSR count). The Balaban J connectivity index is 2.56. The highest BCUT2D eigenvalue weighted by atomic mass is 15.1. The van der Waals surface area contributed by atoms with Gasteiger partial charge in [0.1, 0.15) is 11.3 Å². The molecule has 0 aliphatic heterocycles. The van der Waals surface area contributed by atoms with E-state index in [1.165, 1.54) is 5.52 Å². The Morgan fingerprint density at radius 3 is 2.88 bits per heavy atom. The first-order valence-corrected chi connectivity index (χ1v) is 6.32. The number of fused-ring (bicyclic) bond motifs is 1. The Kier molecular flexibility index (Phi) is 3.74. The van der Waals surface area contributed by atoms with Crippen molar-refractivity contribution in [3.63, 3.8) is 0 Å². The Bertz CT molecular complexity index is 485. The van der Waals surface area contributed by atoms with Crippen LogP contribution in [0.1, 0.15) is 38.4 Å². The highest BCUT2D eigenvalue weighted by Gasteiger charge is 2.17. The minimum Gasteiger partial charge on any atom is -0.330 e. The summed E-state index contributed by atoms with van der Waals surface area (Å²) in [5.41, 5.74) is 7.98. The fraction of sp³-hybridized carbons (Fsp3) is 0.538. The van der Waals surface area contributed by atoms with Crippen LogP contribution in [0, 0.1) is 0 Å². The molecule has 1 atom stereocenters. The quantitative estimate of drug-likeness (QED) is 0.860. The summed E-state index contributed by atoms with van der Waals surface area (Å²) in [7, 11) is 0. The molecule has 0 aromatic carbocycles. The normalized spacial score (nSPS) is 13.1. The van der Waals surface area contributed by atoms with E-state index in [-0.39, 0.29) is 0 Å². The first-order valence-electron chi connectivity index (χ1n) is 6.32. The number of pyridine rings is 1. The minimum atomic E-state index is 0.342. The summed E-state index contributed by atoms with van der Waals surface area (Å²) in [5, 5.41) is 0. The molecule has 0 radical (unpaired) electrons. The van der Waals surface area contributed by atoms with Crippen LogP contribution >= 0.6 is 0 Å². The number of hydrogen-bond acceptors (Lipinski definition) is 3. The van der Waals surface area contributed by atoms with Crippen LogP contribution in [0.5, 0.6) is 0 Å². The topological polar surface area (TPSA) is 56.7 Å². The molecule has 0 amide bonds. The third-order valence-electron chi connectivity index (χ3n) is 3.17. The average molecular weight is 232 g/mol. The molecule has 4 heteroatoms. The second-order valence-corrected chi connectivity index (χ2v) is 4.33. The predicted octanol–water partition coefficient (Wildman–Crippen LogP) is 2.29. The number of aryl methyl sites for hydroxylation is 1. The first kappa shape index (κ1) is 12.0. The number of aromatic nitrogens is 3. The van der Waals surface area contributed by atoms with Gasteiger partial charge in [-0.1, -0.05) is 13.8 Å². The van der Waals surface area contributed by atoms with Crippen LogP contribution < -0.4 is 5.73 Å². The standard InChI is InChI=1S/C13H20N4/c1-3-7-17-12-5-6-15-9-11(12)16-13(17)10(4-2)8-14/h5-6,9-10H,3-4,7-8,14H2,1-2H3. The highest BCUT2D eigenvalue weighted by molar-refractivity contribution is 5.74. The van der Waals surface area contributed by atoms with Crippen molar-refractivity contribution >= 4 is 11.0 Å². The fourth-order valence-corrected chi connectivity index (χ4v) is 2.23. The second kappa shape index (κ2) is 5.27. The molecule has 0 spiro atoms. The average Bonchev–Trinajstić information content (AvgIpc) is 2.71. The number of hydrogen-bond donors (Lipinski definition) is 1. The summed E-state index contributed by atoms with van der Waals surface area (Å²) in [6.45, 7) is 5.98. The summed E-state index contributed by atoms with van der Waals surface area (Å²) in [4.78, 5) is 8.83. The van der Waals surface area contributed by atoms with Crippen molar-refractivity contribution in [2.24, 2.45) is 5.73 Å². The fourth-order valence-electron chi connectivity index (χ4n) is 2.23. The minimum absolute atomic E-state index is 0.342. The van der Waals surface area contributed by atoms with Crippen LogP contribution in [0.25, 0.3) is 11.0 Å². The van der Waals surface area contributed by atoms with E-state index in [2.05, 4.69) is 23.4 Å². The second-order valence-electron chi connectivity index (χ2n) is 4.33. The van der Waals surface area contributed by atoms with Gasteiger partial charge in [-0.25, -0.2) is 4.98 Å². The van der Waals surface area contributed by atoms with Crippen molar-refractivity contribution in [2.75, 3.05) is 6.54 Å². The van der Waals surface area contributed by atoms with Crippen LogP contribution in [-0.2, 0) is 6.54 Å². The molecule has 0 aliphatic carbocycles. The van der Waals surface area contributed by atoms with Gasteiger partial charge in [-0.2, -0.15) is 0 Å². The van der Waals surface area contributed by atoms with E-state index in [9.17, 15) is 0 Å². The summed E-state index contributed by atoms with van der Waals surface area (Å²) in [6, 6.07) is 2.03. The van der Waals surface area contributed by atoms with E-state index in [0.29, 0.717) is 12.5 Å². The summed E-state index contributed by atoms with van der Waals surface area (Å²) in [5.74, 6) is 1.45. The molecule has 17 heavy (non-hydrogen) atoms. The molecular formula is C13H20N4. The molecule has 0 saturated heterocycles. The molecule has 2 heterocycles. The van der Waals surface area contributed by atoms with Gasteiger partial charge in [0.05, 0.1) is 11.7 Å². The predicted molar refractivity (Wildman–Crippen MR) is 69.9 cm³/mol. The van der Waals surface area contributed by atoms with E-state index in [4.69, 9.17) is 10.7 Å². The zero-order valence-corrected chi connectivity index (χ0v) is 10.6. The van der Waals surface area contributed by atoms with E-state index in [0.717, 1.165) is 30.7 Å². The van der Waals surface area contributed by atoms with Gasteiger partial charge >= 0.3 is 0 Å². The van der Waals surface area contributed by atoms with Gasteiger partial charge in [0, 0.05) is 25.2 Å². The molecule has 0 fully saturated rings. The molecule has 0 aliphatic rings. The smallest absolute Gasteiger partial charge is 0.114 e. The van der Waals surface area contributed by atoms with Crippen LogP contribution in [0.4, 0.5) is 0 Å². The number of imidazole rings is 1. The number of nitrogens with zero attached hydrogens (tertiary/aromatic N) is 3. The van der Waals surface area contributed by atoms with Gasteiger partial charge < -0.3 is 10.3 Å². The SMILES string of the molecule is CCCn1c(C(CC)CN)nc2cnccc21. The van der Waals surface area contributed by atoms with Crippen LogP contribution in [0.15, 0.2) is 18.5 Å². The third kappa shape index (κ3) is 2.17. The Labute approximate surface area is 102 Å². The largest absolute Gasteiger partial charge is 0.330 e. The van der Waals surface area contributed by atoms with Crippen molar-refractivity contribution in [3.8, 4) is 0 Å². The van der Waals surface area contributed by atoms with Gasteiger partial charge in [-0.15, -0.1) is 0 Å². The zero-order chi connectivity index (χ0) is 12.3. The van der Waals surface area contributed by atoms with Crippen LogP contribution in [0.2, 0.25) is 0 Å². The molecule has 0 bridgehead atoms. The van der Waals surface area contributed by atoms with Crippen LogP contribution in [-0.4, -0.2) is 21.1 Å². The van der Waals surface area contributed by atoms with E-state index in [1.807, 2.05) is 18.5 Å². The van der Waals surface area contributed by atoms with Gasteiger partial charge in [-0.3, -0.25) is 4.98 Å². The summed E-state index contributed by atoms with van der Waals surface area (Å²) in [6.07, 6.45) is 5.77. The molecule has 92 valence electrons. The van der Waals surface area contributed by atoms with Crippen molar-refractivity contribution in [2.45, 2.75) is 39.2 Å². The zero-order valence-electron chi connectivity index (χ0n) is 10.6. The monoisotopic (exact) mass is 232 g/mol. The summed E-state index contributed by atoms with van der Waals surface area (Å²) >= 11 is 0. The lowest BCUT2D eigenvalue weighted by Crippen LogP contribution is -2.17. The van der Waals surface area contributed by atoms with E-state index >= 15 is 0 Å². The lowest BCUT2D eigenvalue weighted by Gasteiger charge is -2.14. The van der Waals surface area contributed by atoms with Gasteiger partial charge in [0.25, 0.3) is 0 Å². The van der Waals surface area contributed by atoms with Crippen molar-refractivity contribution in [1.82, 2.24) is 14.5 Å².